The van der Waals surface area contributed by atoms with Crippen molar-refractivity contribution < 1.29 is 18.4 Å². The molecule has 0 radical (unpaired) electrons. The van der Waals surface area contributed by atoms with Gasteiger partial charge in [-0.2, -0.15) is 0 Å². The van der Waals surface area contributed by atoms with Gasteiger partial charge in [0.1, 0.15) is 0 Å². The van der Waals surface area contributed by atoms with E-state index in [1.807, 2.05) is 18.2 Å². The third-order valence-corrected chi connectivity index (χ3v) is 4.29. The molecule has 2 aromatic carbocycles. The number of anilines is 1. The highest BCUT2D eigenvalue weighted by molar-refractivity contribution is 5.96. The maximum Gasteiger partial charge on any atom is 0.253 e. The summed E-state index contributed by atoms with van der Waals surface area (Å²) >= 11 is 0. The van der Waals surface area contributed by atoms with E-state index in [9.17, 15) is 18.4 Å². The highest BCUT2D eigenvalue weighted by Gasteiger charge is 2.29. The van der Waals surface area contributed by atoms with E-state index in [0.29, 0.717) is 25.1 Å². The first-order valence-electron chi connectivity index (χ1n) is 8.15. The molecular formula is C19H18F2N2O2. The zero-order chi connectivity index (χ0) is 17.8. The normalized spacial score (nSPS) is 17.2. The van der Waals surface area contributed by atoms with Gasteiger partial charge in [-0.25, -0.2) is 8.78 Å². The molecule has 1 unspecified atom stereocenters. The minimum absolute atomic E-state index is 0.0861. The first-order valence-corrected chi connectivity index (χ1v) is 8.15. The summed E-state index contributed by atoms with van der Waals surface area (Å²) in [5.41, 5.74) is 0.791. The zero-order valence-corrected chi connectivity index (χ0v) is 13.5. The standard InChI is InChI=1S/C19H18F2N2O2/c20-16-9-8-13(11-17(16)21)19(25)23-10-4-5-14(12-23)18(24)22-15-6-2-1-3-7-15/h1-3,6-9,11,14H,4-5,10,12H2,(H,22,24). The summed E-state index contributed by atoms with van der Waals surface area (Å²) in [5.74, 6) is -2.91. The van der Waals surface area contributed by atoms with Crippen LogP contribution in [0, 0.1) is 17.6 Å². The number of nitrogens with zero attached hydrogens (tertiary/aromatic N) is 1. The fourth-order valence-corrected chi connectivity index (χ4v) is 2.95. The van der Waals surface area contributed by atoms with Crippen molar-refractivity contribution in [2.24, 2.45) is 5.92 Å². The predicted molar refractivity (Wildman–Crippen MR) is 90.1 cm³/mol. The molecule has 0 bridgehead atoms. The van der Waals surface area contributed by atoms with Crippen molar-refractivity contribution in [2.45, 2.75) is 12.8 Å². The Bertz CT molecular complexity index is 780. The second-order valence-electron chi connectivity index (χ2n) is 6.07. The van der Waals surface area contributed by atoms with Gasteiger partial charge in [0, 0.05) is 24.3 Å². The molecule has 0 aromatic heterocycles. The van der Waals surface area contributed by atoms with Crippen LogP contribution in [0.2, 0.25) is 0 Å². The number of rotatable bonds is 3. The van der Waals surface area contributed by atoms with E-state index in [4.69, 9.17) is 0 Å². The second-order valence-corrected chi connectivity index (χ2v) is 6.07. The molecule has 1 saturated heterocycles. The summed E-state index contributed by atoms with van der Waals surface area (Å²) in [7, 11) is 0. The van der Waals surface area contributed by atoms with E-state index in [1.165, 1.54) is 11.0 Å². The second kappa shape index (κ2) is 7.42. The number of piperidine rings is 1. The summed E-state index contributed by atoms with van der Waals surface area (Å²) in [6.45, 7) is 0.753. The molecule has 1 atom stereocenters. The van der Waals surface area contributed by atoms with Crippen LogP contribution in [0.1, 0.15) is 23.2 Å². The molecule has 0 spiro atoms. The topological polar surface area (TPSA) is 49.4 Å². The van der Waals surface area contributed by atoms with Crippen LogP contribution in [0.15, 0.2) is 48.5 Å². The number of benzene rings is 2. The van der Waals surface area contributed by atoms with Gasteiger partial charge in [0.05, 0.1) is 5.92 Å². The Kier molecular flexibility index (Phi) is 5.07. The van der Waals surface area contributed by atoms with E-state index in [2.05, 4.69) is 5.32 Å². The van der Waals surface area contributed by atoms with Crippen molar-refractivity contribution in [3.05, 3.63) is 65.7 Å². The molecule has 130 valence electrons. The minimum Gasteiger partial charge on any atom is -0.338 e. The Morgan fingerprint density at radius 3 is 2.52 bits per heavy atom. The van der Waals surface area contributed by atoms with Gasteiger partial charge in [-0.1, -0.05) is 18.2 Å². The van der Waals surface area contributed by atoms with Crippen LogP contribution in [0.4, 0.5) is 14.5 Å². The van der Waals surface area contributed by atoms with Gasteiger partial charge >= 0.3 is 0 Å². The fraction of sp³-hybridized carbons (Fsp3) is 0.263. The van der Waals surface area contributed by atoms with Crippen molar-refractivity contribution in [2.75, 3.05) is 18.4 Å². The van der Waals surface area contributed by atoms with Gasteiger partial charge in [-0.3, -0.25) is 9.59 Å². The van der Waals surface area contributed by atoms with Crippen LogP contribution < -0.4 is 5.32 Å². The molecule has 0 saturated carbocycles. The largest absolute Gasteiger partial charge is 0.338 e. The average Bonchev–Trinajstić information content (AvgIpc) is 2.64. The summed E-state index contributed by atoms with van der Waals surface area (Å²) in [6.07, 6.45) is 1.36. The lowest BCUT2D eigenvalue weighted by Gasteiger charge is -2.32. The van der Waals surface area contributed by atoms with E-state index < -0.39 is 17.5 Å². The molecule has 1 N–H and O–H groups in total. The first kappa shape index (κ1) is 17.1. The maximum absolute atomic E-state index is 13.3. The van der Waals surface area contributed by atoms with Crippen LogP contribution in [0.3, 0.4) is 0 Å². The fourth-order valence-electron chi connectivity index (χ4n) is 2.95. The Morgan fingerprint density at radius 2 is 1.80 bits per heavy atom. The lowest BCUT2D eigenvalue weighted by molar-refractivity contribution is -0.121. The van der Waals surface area contributed by atoms with Crippen LogP contribution in [-0.2, 0) is 4.79 Å². The number of carbonyl (C=O) groups is 2. The molecule has 1 fully saturated rings. The van der Waals surface area contributed by atoms with Crippen molar-refractivity contribution in [1.29, 1.82) is 0 Å². The van der Waals surface area contributed by atoms with Gasteiger partial charge in [-0.15, -0.1) is 0 Å². The smallest absolute Gasteiger partial charge is 0.253 e. The average molecular weight is 344 g/mol. The van der Waals surface area contributed by atoms with E-state index >= 15 is 0 Å². The summed E-state index contributed by atoms with van der Waals surface area (Å²) in [4.78, 5) is 26.4. The predicted octanol–water partition coefficient (Wildman–Crippen LogP) is 3.46. The quantitative estimate of drug-likeness (QED) is 0.927. The molecule has 1 aliphatic rings. The molecule has 6 heteroatoms. The van der Waals surface area contributed by atoms with Gasteiger partial charge in [0.2, 0.25) is 5.91 Å². The number of amides is 2. The van der Waals surface area contributed by atoms with Crippen molar-refractivity contribution in [1.82, 2.24) is 4.90 Å². The molecule has 2 amide bonds. The minimum atomic E-state index is -1.05. The Morgan fingerprint density at radius 1 is 1.04 bits per heavy atom. The molecule has 2 aromatic rings. The molecule has 25 heavy (non-hydrogen) atoms. The number of halogens is 2. The first-order chi connectivity index (χ1) is 12.0. The molecule has 1 heterocycles. The van der Waals surface area contributed by atoms with Gasteiger partial charge < -0.3 is 10.2 Å². The number of hydrogen-bond donors (Lipinski definition) is 1. The molecule has 0 aliphatic carbocycles. The van der Waals surface area contributed by atoms with Crippen molar-refractivity contribution >= 4 is 17.5 Å². The third kappa shape index (κ3) is 4.02. The molecule has 4 nitrogen and oxygen atoms in total. The number of nitrogens with one attached hydrogen (secondary N) is 1. The zero-order valence-electron chi connectivity index (χ0n) is 13.5. The lowest BCUT2D eigenvalue weighted by atomic mass is 9.96. The van der Waals surface area contributed by atoms with Crippen LogP contribution >= 0.6 is 0 Å². The number of carbonyl (C=O) groups excluding carboxylic acids is 2. The highest BCUT2D eigenvalue weighted by Crippen LogP contribution is 2.21. The maximum atomic E-state index is 13.3. The van der Waals surface area contributed by atoms with Gasteiger partial charge in [0.25, 0.3) is 5.91 Å². The van der Waals surface area contributed by atoms with Gasteiger partial charge in [-0.05, 0) is 43.2 Å². The van der Waals surface area contributed by atoms with E-state index in [-0.39, 0.29) is 23.9 Å². The number of hydrogen-bond acceptors (Lipinski definition) is 2. The summed E-state index contributed by atoms with van der Waals surface area (Å²) in [6, 6.07) is 12.2. The number of para-hydroxylation sites is 1. The molecule has 1 aliphatic heterocycles. The van der Waals surface area contributed by atoms with Gasteiger partial charge in [0.15, 0.2) is 11.6 Å². The third-order valence-electron chi connectivity index (χ3n) is 4.29. The Hall–Kier alpha value is -2.76. The Balaban J connectivity index is 1.67. The van der Waals surface area contributed by atoms with Crippen molar-refractivity contribution in [3.63, 3.8) is 0 Å². The highest BCUT2D eigenvalue weighted by atomic mass is 19.2. The van der Waals surface area contributed by atoms with Crippen molar-refractivity contribution in [3.8, 4) is 0 Å². The van der Waals surface area contributed by atoms with Crippen LogP contribution in [0.25, 0.3) is 0 Å². The van der Waals surface area contributed by atoms with E-state index in [0.717, 1.165) is 12.1 Å². The summed E-state index contributed by atoms with van der Waals surface area (Å²) in [5, 5.41) is 2.84. The van der Waals surface area contributed by atoms with Crippen LogP contribution in [-0.4, -0.2) is 29.8 Å². The number of likely N-dealkylation sites (tertiary alicyclic amines) is 1. The SMILES string of the molecule is O=C(Nc1ccccc1)C1CCCN(C(=O)c2ccc(F)c(F)c2)C1. The monoisotopic (exact) mass is 344 g/mol. The molecule has 3 rings (SSSR count). The summed E-state index contributed by atoms with van der Waals surface area (Å²) < 4.78 is 26.4. The van der Waals surface area contributed by atoms with E-state index in [1.54, 1.807) is 12.1 Å². The lowest BCUT2D eigenvalue weighted by Crippen LogP contribution is -2.43. The molecular weight excluding hydrogens is 326 g/mol. The Labute approximate surface area is 144 Å². The van der Waals surface area contributed by atoms with Crippen LogP contribution in [0.5, 0.6) is 0 Å².